The Labute approximate surface area is 132 Å². The van der Waals surface area contributed by atoms with Crippen molar-refractivity contribution in [3.8, 4) is 34.2 Å². The van der Waals surface area contributed by atoms with E-state index in [0.29, 0.717) is 10.7 Å². The number of rotatable bonds is 3. The molecular weight excluding hydrogens is 294 g/mol. The van der Waals surface area contributed by atoms with E-state index in [4.69, 9.17) is 15.7 Å². The number of nitriles is 1. The third kappa shape index (κ3) is 2.65. The lowest BCUT2D eigenvalue weighted by atomic mass is 10.0. The number of ether oxygens (including phenoxy) is 1. The third-order valence-electron chi connectivity index (χ3n) is 3.34. The number of nitrogens with zero attached hydrogens (tertiary/aromatic N) is 2. The van der Waals surface area contributed by atoms with E-state index in [1.807, 2.05) is 35.7 Å². The molecule has 1 aromatic heterocycles. The molecule has 0 saturated heterocycles. The van der Waals surface area contributed by atoms with Gasteiger partial charge in [-0.1, -0.05) is 18.2 Å². The Kier molecular flexibility index (Phi) is 3.77. The molecule has 3 rings (SSSR count). The molecule has 0 aliphatic heterocycles. The van der Waals surface area contributed by atoms with E-state index < -0.39 is 0 Å². The highest BCUT2D eigenvalue weighted by Gasteiger charge is 2.11. The molecule has 0 unspecified atom stereocenters. The molecule has 3 aromatic rings. The van der Waals surface area contributed by atoms with Crippen LogP contribution in [0.4, 0.5) is 5.13 Å². The number of anilines is 1. The van der Waals surface area contributed by atoms with Crippen molar-refractivity contribution < 1.29 is 4.74 Å². The molecule has 0 aliphatic carbocycles. The normalized spacial score (nSPS) is 10.2. The van der Waals surface area contributed by atoms with E-state index in [0.717, 1.165) is 28.1 Å². The molecule has 0 amide bonds. The van der Waals surface area contributed by atoms with E-state index in [-0.39, 0.29) is 0 Å². The molecule has 2 aromatic carbocycles. The summed E-state index contributed by atoms with van der Waals surface area (Å²) in [6.07, 6.45) is 0. The minimum atomic E-state index is 0.529. The summed E-state index contributed by atoms with van der Waals surface area (Å²) in [4.78, 5) is 4.32. The molecule has 22 heavy (non-hydrogen) atoms. The fraction of sp³-hybridized carbons (Fsp3) is 0.0588. The van der Waals surface area contributed by atoms with Crippen LogP contribution in [0.5, 0.6) is 5.75 Å². The van der Waals surface area contributed by atoms with Crippen molar-refractivity contribution in [1.29, 1.82) is 5.26 Å². The highest BCUT2D eigenvalue weighted by molar-refractivity contribution is 7.13. The maximum absolute atomic E-state index is 8.88. The Morgan fingerprint density at radius 2 is 1.86 bits per heavy atom. The van der Waals surface area contributed by atoms with Gasteiger partial charge in [-0.25, -0.2) is 4.98 Å². The quantitative estimate of drug-likeness (QED) is 0.795. The zero-order valence-corrected chi connectivity index (χ0v) is 12.7. The lowest BCUT2D eigenvalue weighted by Crippen LogP contribution is -1.90. The number of thiazole rings is 1. The SMILES string of the molecule is COc1ccc(-c2ccc(C#N)cc2)cc1-c1csc(N)n1. The predicted octanol–water partition coefficient (Wildman–Crippen LogP) is 3.94. The summed E-state index contributed by atoms with van der Waals surface area (Å²) in [5.41, 5.74) is 10.1. The van der Waals surface area contributed by atoms with Crippen molar-refractivity contribution >= 4 is 16.5 Å². The largest absolute Gasteiger partial charge is 0.496 e. The summed E-state index contributed by atoms with van der Waals surface area (Å²) < 4.78 is 5.42. The first-order valence-corrected chi connectivity index (χ1v) is 7.49. The van der Waals surface area contributed by atoms with E-state index in [1.54, 1.807) is 19.2 Å². The molecule has 1 heterocycles. The van der Waals surface area contributed by atoms with Gasteiger partial charge < -0.3 is 10.5 Å². The lowest BCUT2D eigenvalue weighted by Gasteiger charge is -2.09. The highest BCUT2D eigenvalue weighted by atomic mass is 32.1. The zero-order valence-electron chi connectivity index (χ0n) is 11.9. The van der Waals surface area contributed by atoms with Crippen LogP contribution in [-0.2, 0) is 0 Å². The molecule has 0 fully saturated rings. The average molecular weight is 307 g/mol. The van der Waals surface area contributed by atoms with Gasteiger partial charge in [-0.05, 0) is 35.4 Å². The molecule has 0 bridgehead atoms. The third-order valence-corrected chi connectivity index (χ3v) is 4.02. The summed E-state index contributed by atoms with van der Waals surface area (Å²) in [5.74, 6) is 0.752. The van der Waals surface area contributed by atoms with Crippen LogP contribution in [0.2, 0.25) is 0 Å². The van der Waals surface area contributed by atoms with Gasteiger partial charge in [-0.2, -0.15) is 5.26 Å². The van der Waals surface area contributed by atoms with Crippen LogP contribution < -0.4 is 10.5 Å². The summed E-state index contributed by atoms with van der Waals surface area (Å²) >= 11 is 1.40. The standard InChI is InChI=1S/C17H13N3OS/c1-21-16-7-6-13(12-4-2-11(9-18)3-5-12)8-14(16)15-10-22-17(19)20-15/h2-8,10H,1H3,(H2,19,20). The first-order valence-electron chi connectivity index (χ1n) is 6.61. The number of nitrogen functional groups attached to an aromatic ring is 1. The Hall–Kier alpha value is -2.84. The minimum Gasteiger partial charge on any atom is -0.496 e. The number of hydrogen-bond acceptors (Lipinski definition) is 5. The molecule has 0 aliphatic rings. The van der Waals surface area contributed by atoms with Crippen LogP contribution in [0.1, 0.15) is 5.56 Å². The zero-order chi connectivity index (χ0) is 15.5. The first kappa shape index (κ1) is 14.1. The molecule has 4 nitrogen and oxygen atoms in total. The molecule has 0 atom stereocenters. The van der Waals surface area contributed by atoms with Crippen LogP contribution in [0.3, 0.4) is 0 Å². The second kappa shape index (κ2) is 5.88. The molecule has 108 valence electrons. The summed E-state index contributed by atoms with van der Waals surface area (Å²) in [7, 11) is 1.63. The Bertz CT molecular complexity index is 847. The Morgan fingerprint density at radius 3 is 2.45 bits per heavy atom. The summed E-state index contributed by atoms with van der Waals surface area (Å²) in [6, 6.07) is 15.5. The number of nitrogens with two attached hydrogens (primary N) is 1. The van der Waals surface area contributed by atoms with E-state index in [1.165, 1.54) is 11.3 Å². The van der Waals surface area contributed by atoms with Crippen molar-refractivity contribution in [3.05, 3.63) is 53.4 Å². The van der Waals surface area contributed by atoms with Crippen LogP contribution >= 0.6 is 11.3 Å². The van der Waals surface area contributed by atoms with Gasteiger partial charge in [-0.3, -0.25) is 0 Å². The van der Waals surface area contributed by atoms with Crippen molar-refractivity contribution in [2.75, 3.05) is 12.8 Å². The van der Waals surface area contributed by atoms with Crippen molar-refractivity contribution in [2.45, 2.75) is 0 Å². The minimum absolute atomic E-state index is 0.529. The van der Waals surface area contributed by atoms with Gasteiger partial charge in [-0.15, -0.1) is 11.3 Å². The summed E-state index contributed by atoms with van der Waals surface area (Å²) in [6.45, 7) is 0. The highest BCUT2D eigenvalue weighted by Crippen LogP contribution is 2.35. The van der Waals surface area contributed by atoms with Crippen molar-refractivity contribution in [2.24, 2.45) is 0 Å². The Balaban J connectivity index is 2.08. The van der Waals surface area contributed by atoms with Gasteiger partial charge in [0.15, 0.2) is 5.13 Å². The molecule has 0 radical (unpaired) electrons. The average Bonchev–Trinajstić information content (AvgIpc) is 3.00. The molecule has 2 N–H and O–H groups in total. The first-order chi connectivity index (χ1) is 10.7. The molecular formula is C17H13N3OS. The van der Waals surface area contributed by atoms with Crippen LogP contribution in [0, 0.1) is 11.3 Å². The molecule has 0 saturated carbocycles. The second-order valence-electron chi connectivity index (χ2n) is 4.68. The maximum atomic E-state index is 8.88. The topological polar surface area (TPSA) is 71.9 Å². The fourth-order valence-electron chi connectivity index (χ4n) is 2.24. The number of aromatic nitrogens is 1. The van der Waals surface area contributed by atoms with E-state index in [9.17, 15) is 0 Å². The van der Waals surface area contributed by atoms with Crippen LogP contribution in [-0.4, -0.2) is 12.1 Å². The van der Waals surface area contributed by atoms with Crippen LogP contribution in [0.25, 0.3) is 22.4 Å². The fourth-order valence-corrected chi connectivity index (χ4v) is 2.80. The van der Waals surface area contributed by atoms with Gasteiger partial charge in [0.1, 0.15) is 5.75 Å². The second-order valence-corrected chi connectivity index (χ2v) is 5.56. The van der Waals surface area contributed by atoms with E-state index in [2.05, 4.69) is 11.1 Å². The summed E-state index contributed by atoms with van der Waals surface area (Å²) in [5, 5.41) is 11.3. The van der Waals surface area contributed by atoms with Gasteiger partial charge in [0.05, 0.1) is 24.4 Å². The van der Waals surface area contributed by atoms with Crippen molar-refractivity contribution in [3.63, 3.8) is 0 Å². The molecule has 5 heteroatoms. The van der Waals surface area contributed by atoms with Crippen molar-refractivity contribution in [1.82, 2.24) is 4.98 Å². The van der Waals surface area contributed by atoms with E-state index >= 15 is 0 Å². The smallest absolute Gasteiger partial charge is 0.180 e. The van der Waals surface area contributed by atoms with Crippen LogP contribution in [0.15, 0.2) is 47.8 Å². The van der Waals surface area contributed by atoms with Gasteiger partial charge in [0, 0.05) is 10.9 Å². The number of methoxy groups -OCH3 is 1. The number of benzene rings is 2. The van der Waals surface area contributed by atoms with Gasteiger partial charge in [0.2, 0.25) is 0 Å². The predicted molar refractivity (Wildman–Crippen MR) is 88.7 cm³/mol. The van der Waals surface area contributed by atoms with Gasteiger partial charge in [0.25, 0.3) is 0 Å². The maximum Gasteiger partial charge on any atom is 0.180 e. The molecule has 0 spiro atoms. The monoisotopic (exact) mass is 307 g/mol. The Morgan fingerprint density at radius 1 is 1.14 bits per heavy atom. The van der Waals surface area contributed by atoms with Gasteiger partial charge >= 0.3 is 0 Å². The number of hydrogen-bond donors (Lipinski definition) is 1. The lowest BCUT2D eigenvalue weighted by molar-refractivity contribution is 0.416.